The molecule has 0 aromatic heterocycles. The summed E-state index contributed by atoms with van der Waals surface area (Å²) in [7, 11) is -3.45. The minimum Gasteiger partial charge on any atom is -0.367 e. The van der Waals surface area contributed by atoms with Gasteiger partial charge >= 0.3 is 0 Å². The highest BCUT2D eigenvalue weighted by Gasteiger charge is 2.78. The zero-order valence-corrected chi connectivity index (χ0v) is 12.5. The molecule has 104 valence electrons. The Bertz CT molecular complexity index is 473. The molecular formula is C13H22O4S. The van der Waals surface area contributed by atoms with Crippen molar-refractivity contribution in [2.75, 3.05) is 0 Å². The van der Waals surface area contributed by atoms with E-state index in [9.17, 15) is 8.42 Å². The van der Waals surface area contributed by atoms with E-state index in [2.05, 4.69) is 27.7 Å². The second kappa shape index (κ2) is 3.30. The van der Waals surface area contributed by atoms with Crippen LogP contribution in [0, 0.1) is 17.3 Å². The Kier molecular flexibility index (Phi) is 2.36. The molecular weight excluding hydrogens is 252 g/mol. The van der Waals surface area contributed by atoms with Crippen molar-refractivity contribution in [3.05, 3.63) is 0 Å². The maximum atomic E-state index is 12.1. The normalized spacial score (nSPS) is 47.4. The standard InChI is InChI=1S/C13H22O4S/c1-7(2)13(8(3)4)9-6-10-12(5,16-9)11(13)17-18(10,14)15/h7-11H,6H2,1-5H3. The fourth-order valence-corrected chi connectivity index (χ4v) is 6.78. The van der Waals surface area contributed by atoms with Gasteiger partial charge in [0.2, 0.25) is 0 Å². The quantitative estimate of drug-likeness (QED) is 0.722. The molecule has 0 aliphatic carbocycles. The molecule has 0 aromatic rings. The highest BCUT2D eigenvalue weighted by atomic mass is 32.2. The Labute approximate surface area is 109 Å². The molecule has 0 amide bonds. The Morgan fingerprint density at radius 3 is 2.22 bits per heavy atom. The summed E-state index contributed by atoms with van der Waals surface area (Å²) in [5.41, 5.74) is -0.827. The molecule has 3 aliphatic rings. The van der Waals surface area contributed by atoms with Gasteiger partial charge in [-0.15, -0.1) is 0 Å². The molecule has 3 fully saturated rings. The minimum atomic E-state index is -3.45. The van der Waals surface area contributed by atoms with Crippen molar-refractivity contribution in [3.8, 4) is 0 Å². The lowest BCUT2D eigenvalue weighted by molar-refractivity contribution is -0.0334. The number of hydrogen-bond acceptors (Lipinski definition) is 4. The molecule has 0 radical (unpaired) electrons. The van der Waals surface area contributed by atoms with Gasteiger partial charge < -0.3 is 4.74 Å². The first-order valence-electron chi connectivity index (χ1n) is 6.77. The third kappa shape index (κ3) is 1.12. The Hall–Kier alpha value is -0.130. The molecule has 3 rings (SSSR count). The Morgan fingerprint density at radius 1 is 1.17 bits per heavy atom. The van der Waals surface area contributed by atoms with E-state index >= 15 is 0 Å². The lowest BCUT2D eigenvalue weighted by atomic mass is 9.57. The fourth-order valence-electron chi connectivity index (χ4n) is 4.86. The summed E-state index contributed by atoms with van der Waals surface area (Å²) < 4.78 is 35.9. The third-order valence-electron chi connectivity index (χ3n) is 5.57. The van der Waals surface area contributed by atoms with E-state index in [4.69, 9.17) is 8.92 Å². The number of rotatable bonds is 2. The van der Waals surface area contributed by atoms with Crippen LogP contribution in [0.1, 0.15) is 41.0 Å². The summed E-state index contributed by atoms with van der Waals surface area (Å²) in [5, 5.41) is -0.467. The van der Waals surface area contributed by atoms with Crippen LogP contribution < -0.4 is 0 Å². The molecule has 4 nitrogen and oxygen atoms in total. The molecule has 0 saturated carbocycles. The molecule has 0 N–H and O–H groups in total. The topological polar surface area (TPSA) is 52.6 Å². The summed E-state index contributed by atoms with van der Waals surface area (Å²) in [6.45, 7) is 10.5. The first-order chi connectivity index (χ1) is 8.17. The lowest BCUT2D eigenvalue weighted by Gasteiger charge is -2.46. The highest BCUT2D eigenvalue weighted by Crippen LogP contribution is 2.66. The Balaban J connectivity index is 2.19. The van der Waals surface area contributed by atoms with Crippen molar-refractivity contribution in [2.24, 2.45) is 17.3 Å². The van der Waals surface area contributed by atoms with Crippen molar-refractivity contribution < 1.29 is 17.3 Å². The van der Waals surface area contributed by atoms with Gasteiger partial charge in [0.05, 0.1) is 6.10 Å². The van der Waals surface area contributed by atoms with E-state index in [0.717, 1.165) is 0 Å². The van der Waals surface area contributed by atoms with E-state index in [1.54, 1.807) is 0 Å². The van der Waals surface area contributed by atoms with E-state index in [0.29, 0.717) is 18.3 Å². The van der Waals surface area contributed by atoms with E-state index in [-0.39, 0.29) is 17.6 Å². The van der Waals surface area contributed by atoms with Gasteiger partial charge in [-0.1, -0.05) is 27.7 Å². The largest absolute Gasteiger partial charge is 0.367 e. The van der Waals surface area contributed by atoms with Crippen molar-refractivity contribution in [1.82, 2.24) is 0 Å². The van der Waals surface area contributed by atoms with Crippen LogP contribution in [-0.2, 0) is 19.0 Å². The second-order valence-corrected chi connectivity index (χ2v) is 8.54. The summed E-state index contributed by atoms with van der Waals surface area (Å²) in [6, 6.07) is 0. The van der Waals surface area contributed by atoms with Gasteiger partial charge in [0, 0.05) is 5.41 Å². The van der Waals surface area contributed by atoms with E-state index in [1.165, 1.54) is 0 Å². The number of hydrogen-bond donors (Lipinski definition) is 0. The van der Waals surface area contributed by atoms with Gasteiger partial charge in [0.25, 0.3) is 10.1 Å². The summed E-state index contributed by atoms with van der Waals surface area (Å²) in [5.74, 6) is 0.673. The monoisotopic (exact) mass is 274 g/mol. The van der Waals surface area contributed by atoms with E-state index in [1.807, 2.05) is 6.92 Å². The van der Waals surface area contributed by atoms with Crippen LogP contribution in [0.2, 0.25) is 0 Å². The maximum absolute atomic E-state index is 12.1. The Morgan fingerprint density at radius 2 is 1.72 bits per heavy atom. The number of fused-ring (bicyclic) bond motifs is 1. The van der Waals surface area contributed by atoms with Crippen LogP contribution in [0.15, 0.2) is 0 Å². The molecule has 3 saturated heterocycles. The smallest absolute Gasteiger partial charge is 0.273 e. The van der Waals surface area contributed by atoms with Crippen LogP contribution in [0.4, 0.5) is 0 Å². The molecule has 0 spiro atoms. The molecule has 18 heavy (non-hydrogen) atoms. The second-order valence-electron chi connectivity index (χ2n) is 6.79. The number of ether oxygens (including phenoxy) is 1. The van der Waals surface area contributed by atoms with Gasteiger partial charge in [-0.25, -0.2) is 0 Å². The van der Waals surface area contributed by atoms with Gasteiger partial charge in [0.15, 0.2) is 0 Å². The van der Waals surface area contributed by atoms with Crippen LogP contribution in [0.3, 0.4) is 0 Å². The average Bonchev–Trinajstić information content (AvgIpc) is 2.69. The van der Waals surface area contributed by atoms with Crippen LogP contribution in [-0.4, -0.2) is 31.5 Å². The van der Waals surface area contributed by atoms with Crippen molar-refractivity contribution in [2.45, 2.75) is 64.1 Å². The van der Waals surface area contributed by atoms with Gasteiger partial charge in [-0.2, -0.15) is 8.42 Å². The summed E-state index contributed by atoms with van der Waals surface area (Å²) in [6.07, 6.45) is 0.277. The lowest BCUT2D eigenvalue weighted by Crippen LogP contribution is -2.55. The van der Waals surface area contributed by atoms with E-state index < -0.39 is 21.0 Å². The van der Waals surface area contributed by atoms with Crippen molar-refractivity contribution in [3.63, 3.8) is 0 Å². The van der Waals surface area contributed by atoms with Crippen molar-refractivity contribution >= 4 is 10.1 Å². The average molecular weight is 274 g/mol. The van der Waals surface area contributed by atoms with Crippen LogP contribution in [0.25, 0.3) is 0 Å². The molecule has 3 heterocycles. The molecule has 5 heteroatoms. The first kappa shape index (κ1) is 12.9. The van der Waals surface area contributed by atoms with Gasteiger partial charge in [-0.3, -0.25) is 4.18 Å². The minimum absolute atomic E-state index is 0.00905. The van der Waals surface area contributed by atoms with Crippen LogP contribution >= 0.6 is 0 Å². The fraction of sp³-hybridized carbons (Fsp3) is 1.00. The molecule has 3 aliphatic heterocycles. The molecule has 0 aromatic carbocycles. The predicted octanol–water partition coefficient (Wildman–Crippen LogP) is 1.94. The zero-order valence-electron chi connectivity index (χ0n) is 11.6. The highest BCUT2D eigenvalue weighted by molar-refractivity contribution is 7.87. The first-order valence-corrected chi connectivity index (χ1v) is 8.24. The molecule has 4 atom stereocenters. The van der Waals surface area contributed by atoms with Gasteiger partial charge in [0.1, 0.15) is 17.0 Å². The zero-order chi connectivity index (χ0) is 13.5. The van der Waals surface area contributed by atoms with Crippen LogP contribution in [0.5, 0.6) is 0 Å². The van der Waals surface area contributed by atoms with Crippen molar-refractivity contribution in [1.29, 1.82) is 0 Å². The maximum Gasteiger partial charge on any atom is 0.273 e. The third-order valence-corrected chi connectivity index (χ3v) is 7.39. The molecule has 2 bridgehead atoms. The summed E-state index contributed by atoms with van der Waals surface area (Å²) >= 11 is 0. The predicted molar refractivity (Wildman–Crippen MR) is 67.6 cm³/mol. The summed E-state index contributed by atoms with van der Waals surface area (Å²) in [4.78, 5) is 0. The SMILES string of the molecule is CC(C)C1(C(C)C)C2CC3C(C)(O2)C1OS3(=O)=O. The van der Waals surface area contributed by atoms with Gasteiger partial charge in [-0.05, 0) is 25.2 Å². The molecule has 4 unspecified atom stereocenters.